The molecule has 0 bridgehead atoms. The van der Waals surface area contributed by atoms with Gasteiger partial charge in [0, 0.05) is 17.7 Å². The van der Waals surface area contributed by atoms with Gasteiger partial charge in [-0.2, -0.15) is 13.2 Å². The standard InChI is InChI=1S/C22H14F3NO5/c23-22(24,25)16-10-8-14(9-11-16)18-6-1-2-7-19(18)21(28)31-13-20(27)15-4-3-5-17(12-15)26(29)30/h1-12H,13H2. The van der Waals surface area contributed by atoms with Crippen LogP contribution in [0.15, 0.2) is 72.8 Å². The van der Waals surface area contributed by atoms with E-state index in [4.69, 9.17) is 4.74 Å². The molecule has 158 valence electrons. The number of nitrogens with zero attached hydrogens (tertiary/aromatic N) is 1. The normalized spacial score (nSPS) is 11.1. The van der Waals surface area contributed by atoms with Crippen LogP contribution in [0.3, 0.4) is 0 Å². The summed E-state index contributed by atoms with van der Waals surface area (Å²) in [5, 5.41) is 10.8. The fourth-order valence-corrected chi connectivity index (χ4v) is 2.84. The molecule has 0 unspecified atom stereocenters. The molecular weight excluding hydrogens is 415 g/mol. The number of Topliss-reactive ketones (excluding diaryl/α,β-unsaturated/α-hetero) is 1. The van der Waals surface area contributed by atoms with Crippen LogP contribution in [-0.4, -0.2) is 23.3 Å². The predicted molar refractivity (Wildman–Crippen MR) is 105 cm³/mol. The van der Waals surface area contributed by atoms with Gasteiger partial charge in [-0.15, -0.1) is 0 Å². The van der Waals surface area contributed by atoms with Crippen molar-refractivity contribution in [3.8, 4) is 11.1 Å². The number of nitro benzene ring substituents is 1. The van der Waals surface area contributed by atoms with E-state index >= 15 is 0 Å². The minimum absolute atomic E-state index is 0.0121. The summed E-state index contributed by atoms with van der Waals surface area (Å²) in [6.07, 6.45) is -4.48. The van der Waals surface area contributed by atoms with Gasteiger partial charge in [0.1, 0.15) is 0 Å². The molecule has 0 saturated carbocycles. The van der Waals surface area contributed by atoms with Gasteiger partial charge in [0.25, 0.3) is 5.69 Å². The van der Waals surface area contributed by atoms with Crippen LogP contribution in [0.4, 0.5) is 18.9 Å². The van der Waals surface area contributed by atoms with E-state index in [0.29, 0.717) is 11.1 Å². The second kappa shape index (κ2) is 8.78. The van der Waals surface area contributed by atoms with Gasteiger partial charge in [-0.25, -0.2) is 4.79 Å². The number of halogens is 3. The van der Waals surface area contributed by atoms with Gasteiger partial charge in [-0.1, -0.05) is 42.5 Å². The highest BCUT2D eigenvalue weighted by atomic mass is 19.4. The molecule has 0 amide bonds. The van der Waals surface area contributed by atoms with Gasteiger partial charge >= 0.3 is 12.1 Å². The lowest BCUT2D eigenvalue weighted by atomic mass is 9.98. The van der Waals surface area contributed by atoms with E-state index in [9.17, 15) is 32.9 Å². The van der Waals surface area contributed by atoms with Crippen molar-refractivity contribution in [2.24, 2.45) is 0 Å². The third-order valence-corrected chi connectivity index (χ3v) is 4.38. The Morgan fingerprint density at radius 2 is 1.61 bits per heavy atom. The number of esters is 1. The number of ether oxygens (including phenoxy) is 1. The summed E-state index contributed by atoms with van der Waals surface area (Å²) in [6.45, 7) is -0.651. The van der Waals surface area contributed by atoms with E-state index in [1.54, 1.807) is 18.2 Å². The lowest BCUT2D eigenvalue weighted by Crippen LogP contribution is -2.15. The maximum absolute atomic E-state index is 12.8. The topological polar surface area (TPSA) is 86.5 Å². The Kier molecular flexibility index (Phi) is 6.15. The van der Waals surface area contributed by atoms with Crippen molar-refractivity contribution >= 4 is 17.4 Å². The molecule has 3 aromatic carbocycles. The Morgan fingerprint density at radius 1 is 0.935 bits per heavy atom. The lowest BCUT2D eigenvalue weighted by Gasteiger charge is -2.11. The molecule has 0 spiro atoms. The summed E-state index contributed by atoms with van der Waals surface area (Å²) in [5.74, 6) is -1.49. The van der Waals surface area contributed by atoms with Crippen LogP contribution in [0.25, 0.3) is 11.1 Å². The van der Waals surface area contributed by atoms with E-state index in [0.717, 1.165) is 18.2 Å². The number of hydrogen-bond acceptors (Lipinski definition) is 5. The molecule has 0 aliphatic rings. The lowest BCUT2D eigenvalue weighted by molar-refractivity contribution is -0.384. The van der Waals surface area contributed by atoms with Crippen LogP contribution in [0.5, 0.6) is 0 Å². The number of non-ortho nitro benzene ring substituents is 1. The molecule has 0 fully saturated rings. The van der Waals surface area contributed by atoms with Crippen molar-refractivity contribution in [2.45, 2.75) is 6.18 Å². The van der Waals surface area contributed by atoms with E-state index in [2.05, 4.69) is 0 Å². The summed E-state index contributed by atoms with van der Waals surface area (Å²) >= 11 is 0. The van der Waals surface area contributed by atoms with Crippen molar-refractivity contribution in [2.75, 3.05) is 6.61 Å². The summed E-state index contributed by atoms with van der Waals surface area (Å²) in [4.78, 5) is 34.9. The van der Waals surface area contributed by atoms with E-state index in [1.807, 2.05) is 0 Å². The molecule has 31 heavy (non-hydrogen) atoms. The minimum Gasteiger partial charge on any atom is -0.454 e. The molecule has 0 aliphatic carbocycles. The molecule has 3 rings (SSSR count). The van der Waals surface area contributed by atoms with Crippen LogP contribution in [0, 0.1) is 10.1 Å². The predicted octanol–water partition coefficient (Wildman–Crippen LogP) is 5.32. The van der Waals surface area contributed by atoms with Crippen molar-refractivity contribution in [1.29, 1.82) is 0 Å². The molecule has 0 atom stereocenters. The fraction of sp³-hybridized carbons (Fsp3) is 0.0909. The van der Waals surface area contributed by atoms with Crippen molar-refractivity contribution in [3.63, 3.8) is 0 Å². The van der Waals surface area contributed by atoms with Gasteiger partial charge in [0.15, 0.2) is 6.61 Å². The summed E-state index contributed by atoms with van der Waals surface area (Å²) in [5.41, 5.74) is -0.314. The number of rotatable bonds is 6. The first-order chi connectivity index (χ1) is 14.7. The van der Waals surface area contributed by atoms with Crippen LogP contribution in [0.2, 0.25) is 0 Å². The summed E-state index contributed by atoms with van der Waals surface area (Å²) in [6, 6.07) is 15.4. The van der Waals surface area contributed by atoms with Crippen LogP contribution in [-0.2, 0) is 10.9 Å². The van der Waals surface area contributed by atoms with Gasteiger partial charge in [-0.3, -0.25) is 14.9 Å². The number of hydrogen-bond donors (Lipinski definition) is 0. The number of carbonyl (C=O) groups excluding carboxylic acids is 2. The molecule has 0 radical (unpaired) electrons. The van der Waals surface area contributed by atoms with E-state index in [1.165, 1.54) is 36.4 Å². The van der Waals surface area contributed by atoms with Crippen molar-refractivity contribution < 1.29 is 32.4 Å². The number of ketones is 1. The molecule has 0 saturated heterocycles. The second-order valence-electron chi connectivity index (χ2n) is 6.43. The highest BCUT2D eigenvalue weighted by Crippen LogP contribution is 2.32. The number of carbonyl (C=O) groups is 2. The SMILES string of the molecule is O=C(COC(=O)c1ccccc1-c1ccc(C(F)(F)F)cc1)c1cccc([N+](=O)[O-])c1. The molecule has 9 heteroatoms. The zero-order valence-electron chi connectivity index (χ0n) is 15.8. The van der Waals surface area contributed by atoms with Crippen LogP contribution >= 0.6 is 0 Å². The molecule has 0 aliphatic heterocycles. The largest absolute Gasteiger partial charge is 0.454 e. The number of alkyl halides is 3. The maximum atomic E-state index is 12.8. The second-order valence-corrected chi connectivity index (χ2v) is 6.43. The van der Waals surface area contributed by atoms with Gasteiger partial charge in [-0.05, 0) is 29.3 Å². The number of benzene rings is 3. The van der Waals surface area contributed by atoms with E-state index < -0.39 is 35.0 Å². The average Bonchev–Trinajstić information content (AvgIpc) is 2.76. The smallest absolute Gasteiger partial charge is 0.416 e. The summed E-state index contributed by atoms with van der Waals surface area (Å²) in [7, 11) is 0. The maximum Gasteiger partial charge on any atom is 0.416 e. The third kappa shape index (κ3) is 5.13. The average molecular weight is 429 g/mol. The first-order valence-electron chi connectivity index (χ1n) is 8.88. The third-order valence-electron chi connectivity index (χ3n) is 4.38. The zero-order valence-corrected chi connectivity index (χ0v) is 15.8. The van der Waals surface area contributed by atoms with Gasteiger partial charge in [0.2, 0.25) is 5.78 Å². The van der Waals surface area contributed by atoms with Crippen molar-refractivity contribution in [3.05, 3.63) is 99.6 Å². The Bertz CT molecular complexity index is 1140. The van der Waals surface area contributed by atoms with Crippen LogP contribution < -0.4 is 0 Å². The van der Waals surface area contributed by atoms with Crippen LogP contribution in [0.1, 0.15) is 26.3 Å². The Balaban J connectivity index is 1.77. The summed E-state index contributed by atoms with van der Waals surface area (Å²) < 4.78 is 43.4. The van der Waals surface area contributed by atoms with E-state index in [-0.39, 0.29) is 16.8 Å². The Labute approximate surface area is 174 Å². The number of nitro groups is 1. The monoisotopic (exact) mass is 429 g/mol. The molecule has 6 nitrogen and oxygen atoms in total. The van der Waals surface area contributed by atoms with Crippen molar-refractivity contribution in [1.82, 2.24) is 0 Å². The first kappa shape index (κ1) is 21.7. The molecular formula is C22H14F3NO5. The highest BCUT2D eigenvalue weighted by molar-refractivity contribution is 6.01. The molecule has 0 aromatic heterocycles. The van der Waals surface area contributed by atoms with Gasteiger partial charge < -0.3 is 4.74 Å². The fourth-order valence-electron chi connectivity index (χ4n) is 2.84. The highest BCUT2D eigenvalue weighted by Gasteiger charge is 2.30. The Morgan fingerprint density at radius 3 is 2.26 bits per heavy atom. The minimum atomic E-state index is -4.48. The zero-order chi connectivity index (χ0) is 22.6. The quantitative estimate of drug-likeness (QED) is 0.229. The van der Waals surface area contributed by atoms with Gasteiger partial charge in [0.05, 0.1) is 16.1 Å². The molecule has 3 aromatic rings. The first-order valence-corrected chi connectivity index (χ1v) is 8.88. The molecule has 0 heterocycles. The molecule has 0 N–H and O–H groups in total. The Hall–Kier alpha value is -4.01.